The largest absolute Gasteiger partial charge is 0.330 e. The first-order chi connectivity index (χ1) is 5.65. The average Bonchev–Trinajstić information content (AvgIpc) is 2.30. The Morgan fingerprint density at radius 3 is 2.92 bits per heavy atom. The molecule has 1 heterocycles. The van der Waals surface area contributed by atoms with E-state index in [4.69, 9.17) is 5.73 Å². The third kappa shape index (κ3) is 1.92. The van der Waals surface area contributed by atoms with Crippen molar-refractivity contribution in [2.24, 2.45) is 12.8 Å². The van der Waals surface area contributed by atoms with Crippen molar-refractivity contribution in [1.82, 2.24) is 9.78 Å². The SMILES string of the molecule is Cn1nc(Br)cc1C(=O)CCN. The molecule has 1 aromatic rings. The standard InChI is InChI=1S/C7H10BrN3O/c1-11-5(4-7(8)10-11)6(12)2-3-9/h4H,2-3,9H2,1H3. The zero-order chi connectivity index (χ0) is 9.14. The van der Waals surface area contributed by atoms with E-state index in [0.29, 0.717) is 23.3 Å². The monoisotopic (exact) mass is 231 g/mol. The van der Waals surface area contributed by atoms with E-state index in [1.807, 2.05) is 0 Å². The Balaban J connectivity index is 2.87. The van der Waals surface area contributed by atoms with Crippen molar-refractivity contribution >= 4 is 21.7 Å². The zero-order valence-corrected chi connectivity index (χ0v) is 8.34. The molecule has 66 valence electrons. The van der Waals surface area contributed by atoms with Gasteiger partial charge in [0.05, 0.1) is 0 Å². The third-order valence-corrected chi connectivity index (χ3v) is 1.89. The summed E-state index contributed by atoms with van der Waals surface area (Å²) in [6, 6.07) is 1.69. The lowest BCUT2D eigenvalue weighted by atomic mass is 10.2. The maximum Gasteiger partial charge on any atom is 0.182 e. The molecule has 0 aliphatic rings. The van der Waals surface area contributed by atoms with Gasteiger partial charge in [-0.05, 0) is 22.5 Å². The Labute approximate surface area is 78.9 Å². The molecule has 0 bridgehead atoms. The fourth-order valence-electron chi connectivity index (χ4n) is 0.952. The summed E-state index contributed by atoms with van der Waals surface area (Å²) in [7, 11) is 1.73. The van der Waals surface area contributed by atoms with E-state index >= 15 is 0 Å². The number of rotatable bonds is 3. The fourth-order valence-corrected chi connectivity index (χ4v) is 1.41. The van der Waals surface area contributed by atoms with Crippen molar-refractivity contribution in [3.05, 3.63) is 16.4 Å². The van der Waals surface area contributed by atoms with Crippen LogP contribution in [0.25, 0.3) is 0 Å². The Kier molecular flexibility index (Phi) is 2.99. The molecule has 0 aliphatic carbocycles. The van der Waals surface area contributed by atoms with Gasteiger partial charge in [0.2, 0.25) is 0 Å². The second-order valence-corrected chi connectivity index (χ2v) is 3.25. The van der Waals surface area contributed by atoms with E-state index in [9.17, 15) is 4.79 Å². The average molecular weight is 232 g/mol. The Morgan fingerprint density at radius 1 is 1.83 bits per heavy atom. The number of hydrogen-bond donors (Lipinski definition) is 1. The van der Waals surface area contributed by atoms with Crippen LogP contribution in [0.15, 0.2) is 10.7 Å². The molecule has 0 unspecified atom stereocenters. The van der Waals surface area contributed by atoms with Gasteiger partial charge in [0.25, 0.3) is 0 Å². The summed E-state index contributed by atoms with van der Waals surface area (Å²) in [5.41, 5.74) is 5.85. The minimum atomic E-state index is 0.0261. The first-order valence-corrected chi connectivity index (χ1v) is 4.37. The summed E-state index contributed by atoms with van der Waals surface area (Å²) in [4.78, 5) is 11.3. The molecule has 0 saturated heterocycles. The molecule has 0 fully saturated rings. The van der Waals surface area contributed by atoms with Gasteiger partial charge in [0.15, 0.2) is 5.78 Å². The van der Waals surface area contributed by atoms with Crippen LogP contribution < -0.4 is 5.73 Å². The second-order valence-electron chi connectivity index (χ2n) is 2.44. The molecule has 0 saturated carbocycles. The van der Waals surface area contributed by atoms with Gasteiger partial charge in [-0.1, -0.05) is 0 Å². The number of carbonyl (C=O) groups excluding carboxylic acids is 1. The number of aryl methyl sites for hydroxylation is 1. The first kappa shape index (κ1) is 9.41. The highest BCUT2D eigenvalue weighted by Crippen LogP contribution is 2.10. The third-order valence-electron chi connectivity index (χ3n) is 1.51. The van der Waals surface area contributed by atoms with Gasteiger partial charge in [0, 0.05) is 19.5 Å². The van der Waals surface area contributed by atoms with Gasteiger partial charge in [-0.25, -0.2) is 0 Å². The second kappa shape index (κ2) is 3.82. The van der Waals surface area contributed by atoms with Gasteiger partial charge in [-0.2, -0.15) is 5.10 Å². The lowest BCUT2D eigenvalue weighted by Crippen LogP contribution is -2.11. The van der Waals surface area contributed by atoms with Gasteiger partial charge in [0.1, 0.15) is 10.3 Å². The number of nitrogens with two attached hydrogens (primary N) is 1. The maximum atomic E-state index is 11.3. The quantitative estimate of drug-likeness (QED) is 0.781. The van der Waals surface area contributed by atoms with Crippen LogP contribution in [0.2, 0.25) is 0 Å². The topological polar surface area (TPSA) is 60.9 Å². The summed E-state index contributed by atoms with van der Waals surface area (Å²) in [6.07, 6.45) is 0.367. The van der Waals surface area contributed by atoms with Crippen LogP contribution in [-0.2, 0) is 7.05 Å². The van der Waals surface area contributed by atoms with E-state index in [2.05, 4.69) is 21.0 Å². The molecule has 12 heavy (non-hydrogen) atoms. The fraction of sp³-hybridized carbons (Fsp3) is 0.429. The molecule has 4 nitrogen and oxygen atoms in total. The van der Waals surface area contributed by atoms with Crippen molar-refractivity contribution < 1.29 is 4.79 Å². The van der Waals surface area contributed by atoms with Crippen LogP contribution in [0.3, 0.4) is 0 Å². The van der Waals surface area contributed by atoms with Crippen LogP contribution in [-0.4, -0.2) is 22.1 Å². The van der Waals surface area contributed by atoms with Crippen molar-refractivity contribution in [3.63, 3.8) is 0 Å². The number of nitrogens with zero attached hydrogens (tertiary/aromatic N) is 2. The Morgan fingerprint density at radius 2 is 2.50 bits per heavy atom. The molecule has 2 N–H and O–H groups in total. The van der Waals surface area contributed by atoms with E-state index in [1.54, 1.807) is 17.8 Å². The summed E-state index contributed by atoms with van der Waals surface area (Å²) in [6.45, 7) is 0.377. The van der Waals surface area contributed by atoms with Crippen LogP contribution in [0.1, 0.15) is 16.9 Å². The molecule has 0 atom stereocenters. The van der Waals surface area contributed by atoms with E-state index in [0.717, 1.165) is 0 Å². The molecule has 0 radical (unpaired) electrons. The number of hydrogen-bond acceptors (Lipinski definition) is 3. The van der Waals surface area contributed by atoms with Crippen LogP contribution in [0, 0.1) is 0 Å². The van der Waals surface area contributed by atoms with Crippen LogP contribution in [0.4, 0.5) is 0 Å². The Hall–Kier alpha value is -0.680. The smallest absolute Gasteiger partial charge is 0.182 e. The molecule has 0 spiro atoms. The highest BCUT2D eigenvalue weighted by Gasteiger charge is 2.10. The van der Waals surface area contributed by atoms with Crippen molar-refractivity contribution in [3.8, 4) is 0 Å². The van der Waals surface area contributed by atoms with Gasteiger partial charge < -0.3 is 5.73 Å². The van der Waals surface area contributed by atoms with Crippen LogP contribution in [0.5, 0.6) is 0 Å². The molecular formula is C7H10BrN3O. The highest BCUT2D eigenvalue weighted by molar-refractivity contribution is 9.10. The van der Waals surface area contributed by atoms with Gasteiger partial charge >= 0.3 is 0 Å². The van der Waals surface area contributed by atoms with E-state index in [1.165, 1.54) is 0 Å². The first-order valence-electron chi connectivity index (χ1n) is 3.58. The number of aromatic nitrogens is 2. The molecule has 0 aromatic carbocycles. The summed E-state index contributed by atoms with van der Waals surface area (Å²) in [5, 5.41) is 3.99. The number of Topliss-reactive ketones (excluding diaryl/α,β-unsaturated/α-hetero) is 1. The number of carbonyl (C=O) groups is 1. The minimum Gasteiger partial charge on any atom is -0.330 e. The molecule has 5 heteroatoms. The molecular weight excluding hydrogens is 222 g/mol. The van der Waals surface area contributed by atoms with Gasteiger partial charge in [-0.3, -0.25) is 9.48 Å². The highest BCUT2D eigenvalue weighted by atomic mass is 79.9. The molecule has 0 amide bonds. The van der Waals surface area contributed by atoms with E-state index < -0.39 is 0 Å². The van der Waals surface area contributed by atoms with Gasteiger partial charge in [-0.15, -0.1) is 0 Å². The lowest BCUT2D eigenvalue weighted by Gasteiger charge is -1.97. The van der Waals surface area contributed by atoms with Crippen molar-refractivity contribution in [2.75, 3.05) is 6.54 Å². The van der Waals surface area contributed by atoms with Crippen molar-refractivity contribution in [2.45, 2.75) is 6.42 Å². The van der Waals surface area contributed by atoms with Crippen molar-refractivity contribution in [1.29, 1.82) is 0 Å². The summed E-state index contributed by atoms with van der Waals surface area (Å²) >= 11 is 3.19. The predicted molar refractivity (Wildman–Crippen MR) is 48.9 cm³/mol. The van der Waals surface area contributed by atoms with E-state index in [-0.39, 0.29) is 5.78 Å². The Bertz CT molecular complexity index is 295. The molecule has 1 rings (SSSR count). The minimum absolute atomic E-state index is 0.0261. The molecule has 1 aromatic heterocycles. The predicted octanol–water partition coefficient (Wildman–Crippen LogP) is 0.714. The summed E-state index contributed by atoms with van der Waals surface area (Å²) < 4.78 is 2.22. The zero-order valence-electron chi connectivity index (χ0n) is 6.75. The normalized spacial score (nSPS) is 10.2. The number of halogens is 1. The lowest BCUT2D eigenvalue weighted by molar-refractivity contribution is 0.0976. The van der Waals surface area contributed by atoms with Crippen LogP contribution >= 0.6 is 15.9 Å². The number of ketones is 1. The maximum absolute atomic E-state index is 11.3. The molecule has 0 aliphatic heterocycles. The summed E-state index contributed by atoms with van der Waals surface area (Å²) in [5.74, 6) is 0.0261.